The number of hydrogen-bond acceptors (Lipinski definition) is 4. The Morgan fingerprint density at radius 2 is 1.88 bits per heavy atom. The Bertz CT molecular complexity index is 825. The molecule has 1 aromatic heterocycles. The van der Waals surface area contributed by atoms with Crippen molar-refractivity contribution in [3.8, 4) is 0 Å². The van der Waals surface area contributed by atoms with Gasteiger partial charge in [-0.05, 0) is 53.1 Å². The predicted octanol–water partition coefficient (Wildman–Crippen LogP) is 2.68. The van der Waals surface area contributed by atoms with Crippen LogP contribution in [0.3, 0.4) is 0 Å². The molecule has 1 aliphatic heterocycles. The van der Waals surface area contributed by atoms with Crippen molar-refractivity contribution in [2.75, 3.05) is 0 Å². The van der Waals surface area contributed by atoms with Gasteiger partial charge in [0, 0.05) is 18.9 Å². The first kappa shape index (κ1) is 17.9. The third-order valence-corrected chi connectivity index (χ3v) is 4.65. The number of primary amides is 1. The maximum atomic E-state index is 12.2. The number of aromatic nitrogens is 1. The van der Waals surface area contributed by atoms with Gasteiger partial charge in [-0.3, -0.25) is 15.1 Å². The minimum Gasteiger partial charge on any atom is -0.366 e. The van der Waals surface area contributed by atoms with Crippen molar-refractivity contribution in [3.05, 3.63) is 89.4 Å². The van der Waals surface area contributed by atoms with E-state index in [9.17, 15) is 4.79 Å². The zero-order valence-corrected chi connectivity index (χ0v) is 15.1. The van der Waals surface area contributed by atoms with Gasteiger partial charge in [-0.1, -0.05) is 38.1 Å². The maximum Gasteiger partial charge on any atom is 0.248 e. The number of nitrogens with one attached hydrogen (secondary N) is 2. The van der Waals surface area contributed by atoms with Gasteiger partial charge in [0.15, 0.2) is 0 Å². The highest BCUT2D eigenvalue weighted by molar-refractivity contribution is 5.95. The van der Waals surface area contributed by atoms with Crippen molar-refractivity contribution in [3.63, 3.8) is 0 Å². The van der Waals surface area contributed by atoms with Gasteiger partial charge in [-0.15, -0.1) is 0 Å². The lowest BCUT2D eigenvalue weighted by atomic mass is 9.86. The molecule has 3 rings (SSSR count). The van der Waals surface area contributed by atoms with Crippen LogP contribution in [0.5, 0.6) is 0 Å². The molecule has 0 fully saturated rings. The van der Waals surface area contributed by atoms with Crippen LogP contribution >= 0.6 is 0 Å². The minimum absolute atomic E-state index is 0.440. The van der Waals surface area contributed by atoms with Crippen molar-refractivity contribution in [1.29, 1.82) is 0 Å². The first-order valence-corrected chi connectivity index (χ1v) is 8.72. The summed E-state index contributed by atoms with van der Waals surface area (Å²) in [5.74, 6) is -0.0212. The van der Waals surface area contributed by atoms with Crippen LogP contribution in [-0.4, -0.2) is 10.9 Å². The van der Waals surface area contributed by atoms with E-state index in [0.29, 0.717) is 18.0 Å². The van der Waals surface area contributed by atoms with Gasteiger partial charge in [0.2, 0.25) is 5.91 Å². The van der Waals surface area contributed by atoms with E-state index in [-0.39, 0.29) is 0 Å². The van der Waals surface area contributed by atoms with Gasteiger partial charge in [0.25, 0.3) is 0 Å². The molecule has 26 heavy (non-hydrogen) atoms. The molecule has 1 aliphatic rings. The smallest absolute Gasteiger partial charge is 0.248 e. The number of dihydropyridines is 1. The molecule has 0 aliphatic carbocycles. The molecular formula is C21H24N4O. The fourth-order valence-electron chi connectivity index (χ4n) is 3.13. The van der Waals surface area contributed by atoms with Crippen LogP contribution in [0.15, 0.2) is 72.7 Å². The fraction of sp³-hybridized carbons (Fsp3) is 0.238. The molecule has 0 radical (unpaired) electrons. The number of allylic oxidation sites excluding steroid dienone is 2. The third kappa shape index (κ3) is 3.53. The molecule has 0 saturated heterocycles. The zero-order valence-electron chi connectivity index (χ0n) is 15.1. The molecule has 2 aromatic rings. The molecule has 5 nitrogen and oxygen atoms in total. The average Bonchev–Trinajstić information content (AvgIpc) is 2.67. The minimum atomic E-state index is -0.876. The number of hydrogen-bond donors (Lipinski definition) is 3. The molecule has 1 atom stereocenters. The number of rotatable bonds is 6. The number of benzene rings is 1. The first-order chi connectivity index (χ1) is 12.5. The first-order valence-electron chi connectivity index (χ1n) is 8.72. The standard InChI is InChI=1S/C21H24N4O/c1-15(2)17-5-7-18(8-6-17)21(19(20(22)26)4-3-11-24-21)25-14-16-9-12-23-13-10-16/h3-13,15,24-25H,14H2,1-2H3,(H2,22,26). The Morgan fingerprint density at radius 3 is 2.50 bits per heavy atom. The second-order valence-corrected chi connectivity index (χ2v) is 6.68. The van der Waals surface area contributed by atoms with Crippen molar-refractivity contribution in [2.24, 2.45) is 5.73 Å². The van der Waals surface area contributed by atoms with Gasteiger partial charge < -0.3 is 11.1 Å². The quantitative estimate of drug-likeness (QED) is 0.750. The maximum absolute atomic E-state index is 12.2. The van der Waals surface area contributed by atoms with E-state index in [1.807, 2.05) is 30.5 Å². The summed E-state index contributed by atoms with van der Waals surface area (Å²) in [4.78, 5) is 16.2. The molecule has 0 bridgehead atoms. The number of nitrogens with zero attached hydrogens (tertiary/aromatic N) is 1. The van der Waals surface area contributed by atoms with E-state index < -0.39 is 11.6 Å². The van der Waals surface area contributed by atoms with E-state index >= 15 is 0 Å². The number of amides is 1. The van der Waals surface area contributed by atoms with Crippen molar-refractivity contribution in [2.45, 2.75) is 32.0 Å². The van der Waals surface area contributed by atoms with Crippen LogP contribution in [-0.2, 0) is 17.0 Å². The molecule has 1 amide bonds. The van der Waals surface area contributed by atoms with Crippen molar-refractivity contribution in [1.82, 2.24) is 15.6 Å². The van der Waals surface area contributed by atoms with Crippen LogP contribution in [0.4, 0.5) is 0 Å². The van der Waals surface area contributed by atoms with Crippen LogP contribution in [0.25, 0.3) is 0 Å². The highest BCUT2D eigenvalue weighted by Gasteiger charge is 2.39. The monoisotopic (exact) mass is 348 g/mol. The normalized spacial score (nSPS) is 19.1. The number of carbonyl (C=O) groups is 1. The Labute approximate surface area is 154 Å². The lowest BCUT2D eigenvalue weighted by Gasteiger charge is -2.38. The van der Waals surface area contributed by atoms with E-state index in [2.05, 4.69) is 41.6 Å². The SMILES string of the molecule is CC(C)c1ccc(C2(NCc3ccncc3)NC=CC=C2C(N)=O)cc1. The van der Waals surface area contributed by atoms with Gasteiger partial charge in [-0.25, -0.2) is 0 Å². The number of pyridine rings is 1. The Hall–Kier alpha value is -2.92. The van der Waals surface area contributed by atoms with Gasteiger partial charge >= 0.3 is 0 Å². The molecule has 0 spiro atoms. The topological polar surface area (TPSA) is 80.0 Å². The summed E-state index contributed by atoms with van der Waals surface area (Å²) in [6, 6.07) is 12.1. The van der Waals surface area contributed by atoms with E-state index in [1.54, 1.807) is 24.5 Å². The molecule has 1 aromatic carbocycles. The summed E-state index contributed by atoms with van der Waals surface area (Å²) in [6.45, 7) is 4.87. The summed E-state index contributed by atoms with van der Waals surface area (Å²) in [5, 5.41) is 6.81. The molecule has 134 valence electrons. The van der Waals surface area contributed by atoms with Crippen LogP contribution < -0.4 is 16.4 Å². The molecule has 1 unspecified atom stereocenters. The average molecular weight is 348 g/mol. The Kier molecular flexibility index (Phi) is 5.19. The van der Waals surface area contributed by atoms with Crippen LogP contribution in [0.2, 0.25) is 0 Å². The lowest BCUT2D eigenvalue weighted by Crippen LogP contribution is -2.56. The third-order valence-electron chi connectivity index (χ3n) is 4.65. The molecule has 0 saturated carbocycles. The van der Waals surface area contributed by atoms with Crippen LogP contribution in [0, 0.1) is 0 Å². The molecule has 2 heterocycles. The fourth-order valence-corrected chi connectivity index (χ4v) is 3.13. The summed E-state index contributed by atoms with van der Waals surface area (Å²) >= 11 is 0. The van der Waals surface area contributed by atoms with Crippen LogP contribution in [0.1, 0.15) is 36.5 Å². The second kappa shape index (κ2) is 7.54. The van der Waals surface area contributed by atoms with E-state index in [1.165, 1.54) is 5.56 Å². The van der Waals surface area contributed by atoms with Crippen molar-refractivity contribution >= 4 is 5.91 Å². The molecule has 5 heteroatoms. The highest BCUT2D eigenvalue weighted by Crippen LogP contribution is 2.31. The molecular weight excluding hydrogens is 324 g/mol. The van der Waals surface area contributed by atoms with Gasteiger partial charge in [-0.2, -0.15) is 0 Å². The Morgan fingerprint density at radius 1 is 1.19 bits per heavy atom. The second-order valence-electron chi connectivity index (χ2n) is 6.68. The number of nitrogens with two attached hydrogens (primary N) is 1. The van der Waals surface area contributed by atoms with Gasteiger partial charge in [0.1, 0.15) is 5.66 Å². The largest absolute Gasteiger partial charge is 0.366 e. The summed E-state index contributed by atoms with van der Waals surface area (Å²) in [7, 11) is 0. The van der Waals surface area contributed by atoms with Crippen molar-refractivity contribution < 1.29 is 4.79 Å². The highest BCUT2D eigenvalue weighted by atomic mass is 16.1. The zero-order chi connectivity index (χ0) is 18.6. The Balaban J connectivity index is 2.00. The summed E-state index contributed by atoms with van der Waals surface area (Å²) < 4.78 is 0. The summed E-state index contributed by atoms with van der Waals surface area (Å²) in [5.41, 5.74) is 8.55. The van der Waals surface area contributed by atoms with E-state index in [0.717, 1.165) is 11.1 Å². The van der Waals surface area contributed by atoms with Gasteiger partial charge in [0.05, 0.1) is 5.57 Å². The molecule has 4 N–H and O–H groups in total. The lowest BCUT2D eigenvalue weighted by molar-refractivity contribution is -0.115. The van der Waals surface area contributed by atoms with E-state index in [4.69, 9.17) is 5.73 Å². The summed E-state index contributed by atoms with van der Waals surface area (Å²) in [6.07, 6.45) is 8.87. The predicted molar refractivity (Wildman–Crippen MR) is 103 cm³/mol. The number of carbonyl (C=O) groups excluding carboxylic acids is 1.